The fourth-order valence-corrected chi connectivity index (χ4v) is 0.937. The van der Waals surface area contributed by atoms with Gasteiger partial charge in [-0.05, 0) is 24.6 Å². The average Bonchev–Trinajstić information content (AvgIpc) is 2.18. The second kappa shape index (κ2) is 6.40. The van der Waals surface area contributed by atoms with Crippen molar-refractivity contribution in [2.45, 2.75) is 19.6 Å². The van der Waals surface area contributed by atoms with Crippen LogP contribution in [0.5, 0.6) is 5.75 Å². The van der Waals surface area contributed by atoms with Gasteiger partial charge < -0.3 is 15.6 Å². The highest BCUT2D eigenvalue weighted by Gasteiger charge is 2.11. The molecular weight excluding hydrogens is 218 g/mol. The van der Waals surface area contributed by atoms with Gasteiger partial charge >= 0.3 is 5.97 Å². The molecule has 3 N–H and O–H groups in total. The first-order valence-electron chi connectivity index (χ1n) is 4.32. The number of halogens is 1. The van der Waals surface area contributed by atoms with Gasteiger partial charge in [-0.1, -0.05) is 12.1 Å². The van der Waals surface area contributed by atoms with Crippen LogP contribution in [0.15, 0.2) is 24.3 Å². The van der Waals surface area contributed by atoms with Crippen LogP contribution in [0, 0.1) is 0 Å². The summed E-state index contributed by atoms with van der Waals surface area (Å²) in [5.41, 5.74) is 6.30. The Labute approximate surface area is 94.5 Å². The summed E-state index contributed by atoms with van der Waals surface area (Å²) in [6.07, 6.45) is -1.11. The molecule has 1 atom stereocenters. The Bertz CT molecular complexity index is 328. The van der Waals surface area contributed by atoms with Crippen LogP contribution in [0.25, 0.3) is 0 Å². The second-order valence-corrected chi connectivity index (χ2v) is 2.95. The number of hydrogen-bond acceptors (Lipinski definition) is 4. The quantitative estimate of drug-likeness (QED) is 0.598. The summed E-state index contributed by atoms with van der Waals surface area (Å²) >= 11 is 0. The van der Waals surface area contributed by atoms with Gasteiger partial charge in [-0.2, -0.15) is 0 Å². The average molecular weight is 232 g/mol. The van der Waals surface area contributed by atoms with Crippen LogP contribution in [0.3, 0.4) is 0 Å². The highest BCUT2D eigenvalue weighted by molar-refractivity contribution is 5.85. The topological polar surface area (TPSA) is 72.5 Å². The van der Waals surface area contributed by atoms with Crippen molar-refractivity contribution in [2.75, 3.05) is 0 Å². The smallest absolute Gasteiger partial charge is 0.340 e. The molecule has 5 heteroatoms. The Kier molecular flexibility index (Phi) is 5.93. The van der Waals surface area contributed by atoms with Crippen LogP contribution in [-0.4, -0.2) is 17.2 Å². The van der Waals surface area contributed by atoms with E-state index in [1.807, 2.05) is 6.07 Å². The summed E-state index contributed by atoms with van der Waals surface area (Å²) in [6, 6.07) is 6.88. The first kappa shape index (κ1) is 13.9. The van der Waals surface area contributed by atoms with E-state index in [0.717, 1.165) is 5.56 Å². The monoisotopic (exact) mass is 231 g/mol. The maximum absolute atomic E-state index is 11.0. The molecule has 0 radical (unpaired) electrons. The standard InChI is InChI=1S/C10H13NO3.ClH/c1-7(12)10(13)14-9-4-2-3-8(5-9)6-11;/h2-5,7,12H,6,11H2,1H3;1H. The predicted molar refractivity (Wildman–Crippen MR) is 58.9 cm³/mol. The number of hydrogen-bond donors (Lipinski definition) is 2. The largest absolute Gasteiger partial charge is 0.425 e. The molecule has 1 rings (SSSR count). The van der Waals surface area contributed by atoms with Gasteiger partial charge in [0.1, 0.15) is 11.9 Å². The fraction of sp³-hybridized carbons (Fsp3) is 0.300. The summed E-state index contributed by atoms with van der Waals surface area (Å²) in [5, 5.41) is 8.91. The summed E-state index contributed by atoms with van der Waals surface area (Å²) in [4.78, 5) is 11.0. The van der Waals surface area contributed by atoms with Gasteiger partial charge in [0, 0.05) is 6.54 Å². The Morgan fingerprint density at radius 1 is 1.60 bits per heavy atom. The van der Waals surface area contributed by atoms with E-state index in [0.29, 0.717) is 12.3 Å². The number of esters is 1. The number of aliphatic hydroxyl groups is 1. The lowest BCUT2D eigenvalue weighted by molar-refractivity contribution is -0.142. The van der Waals surface area contributed by atoms with E-state index < -0.39 is 12.1 Å². The van der Waals surface area contributed by atoms with Gasteiger partial charge in [0.15, 0.2) is 0 Å². The third kappa shape index (κ3) is 4.29. The second-order valence-electron chi connectivity index (χ2n) is 2.95. The molecule has 15 heavy (non-hydrogen) atoms. The van der Waals surface area contributed by atoms with E-state index >= 15 is 0 Å². The fourth-order valence-electron chi connectivity index (χ4n) is 0.937. The maximum Gasteiger partial charge on any atom is 0.340 e. The molecule has 84 valence electrons. The summed E-state index contributed by atoms with van der Waals surface area (Å²) in [7, 11) is 0. The van der Waals surface area contributed by atoms with Gasteiger partial charge in [-0.3, -0.25) is 0 Å². The van der Waals surface area contributed by atoms with E-state index in [2.05, 4.69) is 0 Å². The van der Waals surface area contributed by atoms with Crippen molar-refractivity contribution < 1.29 is 14.6 Å². The van der Waals surface area contributed by atoms with Crippen molar-refractivity contribution >= 4 is 18.4 Å². The molecule has 0 aliphatic rings. The molecule has 1 unspecified atom stereocenters. The Morgan fingerprint density at radius 3 is 2.80 bits per heavy atom. The number of aliphatic hydroxyl groups excluding tert-OH is 1. The molecule has 0 spiro atoms. The minimum absolute atomic E-state index is 0. The SMILES string of the molecule is CC(O)C(=O)Oc1cccc(CN)c1.Cl. The summed E-state index contributed by atoms with van der Waals surface area (Å²) in [6.45, 7) is 1.75. The van der Waals surface area contributed by atoms with Gasteiger partial charge in [-0.25, -0.2) is 4.79 Å². The normalized spacial score (nSPS) is 11.4. The molecule has 0 bridgehead atoms. The Balaban J connectivity index is 0.00000196. The minimum Gasteiger partial charge on any atom is -0.425 e. The van der Waals surface area contributed by atoms with E-state index in [1.165, 1.54) is 6.92 Å². The number of carbonyl (C=O) groups excluding carboxylic acids is 1. The minimum atomic E-state index is -1.11. The van der Waals surface area contributed by atoms with Gasteiger partial charge in [0.05, 0.1) is 0 Å². The molecule has 1 aromatic rings. The van der Waals surface area contributed by atoms with Crippen molar-refractivity contribution in [3.8, 4) is 5.75 Å². The first-order chi connectivity index (χ1) is 6.63. The number of nitrogens with two attached hydrogens (primary N) is 1. The Morgan fingerprint density at radius 2 is 2.27 bits per heavy atom. The van der Waals surface area contributed by atoms with E-state index in [4.69, 9.17) is 15.6 Å². The van der Waals surface area contributed by atoms with Crippen LogP contribution < -0.4 is 10.5 Å². The van der Waals surface area contributed by atoms with Gasteiger partial charge in [0.25, 0.3) is 0 Å². The lowest BCUT2D eigenvalue weighted by Gasteiger charge is -2.06. The molecule has 0 fully saturated rings. The zero-order chi connectivity index (χ0) is 10.6. The molecule has 4 nitrogen and oxygen atoms in total. The Hall–Kier alpha value is -1.10. The molecular formula is C10H14ClNO3. The van der Waals surface area contributed by atoms with E-state index in [9.17, 15) is 4.79 Å². The summed E-state index contributed by atoms with van der Waals surface area (Å²) < 4.78 is 4.87. The van der Waals surface area contributed by atoms with Crippen molar-refractivity contribution in [2.24, 2.45) is 5.73 Å². The number of ether oxygens (including phenoxy) is 1. The maximum atomic E-state index is 11.0. The zero-order valence-corrected chi connectivity index (χ0v) is 9.16. The lowest BCUT2D eigenvalue weighted by atomic mass is 10.2. The highest BCUT2D eigenvalue weighted by Crippen LogP contribution is 2.13. The molecule has 0 amide bonds. The van der Waals surface area contributed by atoms with Gasteiger partial charge in [-0.15, -0.1) is 12.4 Å². The first-order valence-corrected chi connectivity index (χ1v) is 4.32. The molecule has 0 saturated heterocycles. The molecule has 0 saturated carbocycles. The third-order valence-electron chi connectivity index (χ3n) is 1.69. The van der Waals surface area contributed by atoms with E-state index in [-0.39, 0.29) is 12.4 Å². The zero-order valence-electron chi connectivity index (χ0n) is 8.34. The lowest BCUT2D eigenvalue weighted by Crippen LogP contribution is -2.22. The predicted octanol–water partition coefficient (Wildman–Crippen LogP) is 0.853. The van der Waals surface area contributed by atoms with Crippen molar-refractivity contribution in [1.29, 1.82) is 0 Å². The van der Waals surface area contributed by atoms with Crippen LogP contribution >= 0.6 is 12.4 Å². The van der Waals surface area contributed by atoms with Crippen molar-refractivity contribution in [3.05, 3.63) is 29.8 Å². The molecule has 0 aliphatic carbocycles. The third-order valence-corrected chi connectivity index (χ3v) is 1.69. The molecule has 0 aromatic heterocycles. The number of carbonyl (C=O) groups is 1. The van der Waals surface area contributed by atoms with E-state index in [1.54, 1.807) is 18.2 Å². The molecule has 1 aromatic carbocycles. The van der Waals surface area contributed by atoms with Crippen LogP contribution in [0.4, 0.5) is 0 Å². The van der Waals surface area contributed by atoms with Crippen LogP contribution in [0.2, 0.25) is 0 Å². The van der Waals surface area contributed by atoms with Gasteiger partial charge in [0.2, 0.25) is 0 Å². The van der Waals surface area contributed by atoms with Crippen molar-refractivity contribution in [3.63, 3.8) is 0 Å². The number of rotatable bonds is 3. The van der Waals surface area contributed by atoms with Crippen LogP contribution in [0.1, 0.15) is 12.5 Å². The molecule has 0 heterocycles. The number of benzene rings is 1. The van der Waals surface area contributed by atoms with Crippen LogP contribution in [-0.2, 0) is 11.3 Å². The molecule has 0 aliphatic heterocycles. The van der Waals surface area contributed by atoms with Crippen molar-refractivity contribution in [1.82, 2.24) is 0 Å². The highest BCUT2D eigenvalue weighted by atomic mass is 35.5. The summed E-state index contributed by atoms with van der Waals surface area (Å²) in [5.74, 6) is -0.266.